The Hall–Kier alpha value is -1.14. The molecule has 1 aliphatic heterocycles. The fourth-order valence-corrected chi connectivity index (χ4v) is 1.77. The van der Waals surface area contributed by atoms with Crippen molar-refractivity contribution in [2.24, 2.45) is 0 Å². The van der Waals surface area contributed by atoms with Gasteiger partial charge in [-0.1, -0.05) is 0 Å². The van der Waals surface area contributed by atoms with Crippen LogP contribution in [-0.2, 0) is 19.1 Å². The van der Waals surface area contributed by atoms with Crippen molar-refractivity contribution >= 4 is 11.9 Å². The molecule has 0 bridgehead atoms. The number of hydrogen-bond acceptors (Lipinski definition) is 5. The molecule has 6 heteroatoms. The van der Waals surface area contributed by atoms with Crippen molar-refractivity contribution < 1.29 is 19.1 Å². The molecule has 17 heavy (non-hydrogen) atoms. The fraction of sp³-hybridized carbons (Fsp3) is 0.818. The minimum absolute atomic E-state index is 0.0948. The molecule has 0 radical (unpaired) electrons. The summed E-state index contributed by atoms with van der Waals surface area (Å²) in [6.07, 6.45) is 0.762. The number of amides is 1. The van der Waals surface area contributed by atoms with Crippen LogP contribution in [0.3, 0.4) is 0 Å². The number of hydrogen-bond donors (Lipinski definition) is 1. The van der Waals surface area contributed by atoms with Crippen molar-refractivity contribution in [3.8, 4) is 0 Å². The molecule has 0 aromatic rings. The second-order valence-corrected chi connectivity index (χ2v) is 3.95. The van der Waals surface area contributed by atoms with Gasteiger partial charge in [-0.25, -0.2) is 0 Å². The van der Waals surface area contributed by atoms with Gasteiger partial charge >= 0.3 is 5.97 Å². The van der Waals surface area contributed by atoms with Gasteiger partial charge in [-0.15, -0.1) is 0 Å². The molecule has 1 amide bonds. The van der Waals surface area contributed by atoms with Crippen LogP contribution < -0.4 is 5.32 Å². The van der Waals surface area contributed by atoms with E-state index in [-0.39, 0.29) is 11.9 Å². The highest BCUT2D eigenvalue weighted by Crippen LogP contribution is 2.07. The van der Waals surface area contributed by atoms with Gasteiger partial charge in [0.15, 0.2) is 0 Å². The number of ether oxygens (including phenoxy) is 2. The maximum atomic E-state index is 11.4. The van der Waals surface area contributed by atoms with Gasteiger partial charge in [0.05, 0.1) is 13.7 Å². The topological polar surface area (TPSA) is 67.9 Å². The van der Waals surface area contributed by atoms with E-state index in [9.17, 15) is 9.59 Å². The summed E-state index contributed by atoms with van der Waals surface area (Å²) in [5, 5.41) is 2.57. The lowest BCUT2D eigenvalue weighted by molar-refractivity contribution is -0.141. The molecule has 1 N–H and O–H groups in total. The summed E-state index contributed by atoms with van der Waals surface area (Å²) in [7, 11) is 2.99. The highest BCUT2D eigenvalue weighted by Gasteiger charge is 2.25. The van der Waals surface area contributed by atoms with Crippen LogP contribution in [0.1, 0.15) is 12.8 Å². The van der Waals surface area contributed by atoms with Gasteiger partial charge < -0.3 is 14.8 Å². The molecule has 0 spiro atoms. The summed E-state index contributed by atoms with van der Waals surface area (Å²) < 4.78 is 9.93. The lowest BCUT2D eigenvalue weighted by Crippen LogP contribution is -2.49. The fourth-order valence-electron chi connectivity index (χ4n) is 1.77. The number of esters is 1. The number of nitrogens with one attached hydrogen (secondary N) is 1. The van der Waals surface area contributed by atoms with E-state index in [0.29, 0.717) is 19.6 Å². The van der Waals surface area contributed by atoms with Crippen molar-refractivity contribution in [1.82, 2.24) is 10.2 Å². The van der Waals surface area contributed by atoms with E-state index in [1.54, 1.807) is 7.05 Å². The standard InChI is InChI=1S/C11H20N2O4/c1-12-11(15)9-8-13(6-7-17-9)5-3-4-10(14)16-2/h9H,3-8H2,1-2H3,(H,12,15)/t9-/m0/s1. The van der Waals surface area contributed by atoms with Crippen molar-refractivity contribution in [1.29, 1.82) is 0 Å². The molecule has 1 rings (SSSR count). The summed E-state index contributed by atoms with van der Waals surface area (Å²) in [6, 6.07) is 0. The van der Waals surface area contributed by atoms with Crippen molar-refractivity contribution in [2.75, 3.05) is 40.4 Å². The Labute approximate surface area is 101 Å². The molecule has 0 aromatic heterocycles. The normalized spacial score (nSPS) is 20.9. The van der Waals surface area contributed by atoms with E-state index in [1.807, 2.05) is 0 Å². The molecule has 1 atom stereocenters. The van der Waals surface area contributed by atoms with Gasteiger partial charge in [0.2, 0.25) is 5.91 Å². The predicted octanol–water partition coefficient (Wildman–Crippen LogP) is -0.614. The molecular formula is C11H20N2O4. The smallest absolute Gasteiger partial charge is 0.305 e. The maximum absolute atomic E-state index is 11.4. The van der Waals surface area contributed by atoms with E-state index in [2.05, 4.69) is 15.0 Å². The summed E-state index contributed by atoms with van der Waals surface area (Å²) in [5.41, 5.74) is 0. The van der Waals surface area contributed by atoms with Crippen LogP contribution in [0.2, 0.25) is 0 Å². The van der Waals surface area contributed by atoms with Gasteiger partial charge in [-0.2, -0.15) is 0 Å². The molecule has 0 unspecified atom stereocenters. The highest BCUT2D eigenvalue weighted by atomic mass is 16.5. The largest absolute Gasteiger partial charge is 0.469 e. The SMILES string of the molecule is CNC(=O)[C@@H]1CN(CCCC(=O)OC)CCO1. The van der Waals surface area contributed by atoms with Crippen LogP contribution in [0.4, 0.5) is 0 Å². The summed E-state index contributed by atoms with van der Waals surface area (Å²) in [4.78, 5) is 24.5. The summed E-state index contributed by atoms with van der Waals surface area (Å²) in [6.45, 7) is 2.72. The zero-order chi connectivity index (χ0) is 12.7. The van der Waals surface area contributed by atoms with E-state index < -0.39 is 6.10 Å². The van der Waals surface area contributed by atoms with Gasteiger partial charge in [0.1, 0.15) is 6.10 Å². The van der Waals surface area contributed by atoms with Crippen LogP contribution in [0.15, 0.2) is 0 Å². The lowest BCUT2D eigenvalue weighted by Gasteiger charge is -2.31. The average Bonchev–Trinajstić information content (AvgIpc) is 2.38. The zero-order valence-electron chi connectivity index (χ0n) is 10.4. The molecule has 6 nitrogen and oxygen atoms in total. The van der Waals surface area contributed by atoms with Crippen molar-refractivity contribution in [3.05, 3.63) is 0 Å². The van der Waals surface area contributed by atoms with Crippen LogP contribution in [-0.4, -0.2) is 63.3 Å². The van der Waals surface area contributed by atoms with Crippen LogP contribution in [0.25, 0.3) is 0 Å². The molecule has 98 valence electrons. The Kier molecular flexibility index (Phi) is 5.93. The minimum Gasteiger partial charge on any atom is -0.469 e. The maximum Gasteiger partial charge on any atom is 0.305 e. The number of morpholine rings is 1. The third-order valence-corrected chi connectivity index (χ3v) is 2.77. The Balaban J connectivity index is 2.25. The first kappa shape index (κ1) is 13.9. The molecule has 1 heterocycles. The van der Waals surface area contributed by atoms with E-state index in [4.69, 9.17) is 4.74 Å². The molecule has 1 saturated heterocycles. The monoisotopic (exact) mass is 244 g/mol. The number of likely N-dealkylation sites (N-methyl/N-ethyl adjacent to an activating group) is 1. The second kappa shape index (κ2) is 7.24. The van der Waals surface area contributed by atoms with Crippen molar-refractivity contribution in [3.63, 3.8) is 0 Å². The Morgan fingerprint density at radius 2 is 2.29 bits per heavy atom. The van der Waals surface area contributed by atoms with E-state index in [1.165, 1.54) is 7.11 Å². The van der Waals surface area contributed by atoms with E-state index >= 15 is 0 Å². The minimum atomic E-state index is -0.396. The summed E-state index contributed by atoms with van der Waals surface area (Å²) in [5.74, 6) is -0.288. The predicted molar refractivity (Wildman–Crippen MR) is 61.5 cm³/mol. The summed E-state index contributed by atoms with van der Waals surface area (Å²) >= 11 is 0. The first-order valence-corrected chi connectivity index (χ1v) is 5.79. The van der Waals surface area contributed by atoms with Gasteiger partial charge in [0.25, 0.3) is 0 Å². The molecule has 0 aromatic carbocycles. The molecule has 1 aliphatic rings. The quantitative estimate of drug-likeness (QED) is 0.653. The molecule has 0 aliphatic carbocycles. The third-order valence-electron chi connectivity index (χ3n) is 2.77. The number of nitrogens with zero attached hydrogens (tertiary/aromatic N) is 1. The Morgan fingerprint density at radius 3 is 2.94 bits per heavy atom. The average molecular weight is 244 g/mol. The van der Waals surface area contributed by atoms with E-state index in [0.717, 1.165) is 19.5 Å². The Morgan fingerprint density at radius 1 is 1.53 bits per heavy atom. The van der Waals surface area contributed by atoms with Crippen molar-refractivity contribution in [2.45, 2.75) is 18.9 Å². The zero-order valence-corrected chi connectivity index (χ0v) is 10.4. The lowest BCUT2D eigenvalue weighted by atomic mass is 10.2. The van der Waals surface area contributed by atoms with Crippen LogP contribution >= 0.6 is 0 Å². The Bertz CT molecular complexity index is 270. The van der Waals surface area contributed by atoms with Gasteiger partial charge in [0, 0.05) is 26.6 Å². The first-order chi connectivity index (χ1) is 8.17. The van der Waals surface area contributed by atoms with Crippen LogP contribution in [0, 0.1) is 0 Å². The number of carbonyl (C=O) groups excluding carboxylic acids is 2. The van der Waals surface area contributed by atoms with Gasteiger partial charge in [-0.05, 0) is 13.0 Å². The number of carbonyl (C=O) groups is 2. The molecular weight excluding hydrogens is 224 g/mol. The third kappa shape index (κ3) is 4.70. The highest BCUT2D eigenvalue weighted by molar-refractivity contribution is 5.80. The molecule has 0 saturated carbocycles. The van der Waals surface area contributed by atoms with Gasteiger partial charge in [-0.3, -0.25) is 14.5 Å². The number of rotatable bonds is 5. The van der Waals surface area contributed by atoms with Crippen LogP contribution in [0.5, 0.6) is 0 Å². The first-order valence-electron chi connectivity index (χ1n) is 5.79. The second-order valence-electron chi connectivity index (χ2n) is 3.95. The number of methoxy groups -OCH3 is 1. The molecule has 1 fully saturated rings.